The van der Waals surface area contributed by atoms with Gasteiger partial charge in [-0.2, -0.15) is 4.37 Å². The minimum atomic E-state index is -0.802. The van der Waals surface area contributed by atoms with E-state index < -0.39 is 16.6 Å². The van der Waals surface area contributed by atoms with Crippen LogP contribution in [-0.4, -0.2) is 30.2 Å². The van der Waals surface area contributed by atoms with Gasteiger partial charge < -0.3 is 10.6 Å². The van der Waals surface area contributed by atoms with Crippen molar-refractivity contribution in [1.82, 2.24) is 19.3 Å². The molecule has 0 aliphatic heterocycles. The van der Waals surface area contributed by atoms with Crippen molar-refractivity contribution in [2.24, 2.45) is 0 Å². The third kappa shape index (κ3) is 5.27. The summed E-state index contributed by atoms with van der Waals surface area (Å²) < 4.78 is 18.5. The van der Waals surface area contributed by atoms with Crippen molar-refractivity contribution in [2.45, 2.75) is 0 Å². The standard InChI is InChI=1S/C25H16FN7O4S/c26-18-12-15(22-31-25(35)38-32-22)6-8-17(18)24(34)30-21-11-7-16(13-27-21)28-23-20(33(36)37)10-9-19(29-23)14-4-2-1-3-5-14/h1-13H,(H,28,29)(H,27,30,34)(H,31,32,35). The number of pyridine rings is 2. The number of H-pyrrole nitrogens is 1. The summed E-state index contributed by atoms with van der Waals surface area (Å²) in [5.41, 5.74) is 1.60. The van der Waals surface area contributed by atoms with Gasteiger partial charge in [-0.3, -0.25) is 24.7 Å². The third-order valence-electron chi connectivity index (χ3n) is 5.34. The molecule has 3 aromatic heterocycles. The highest BCUT2D eigenvalue weighted by molar-refractivity contribution is 7.03. The van der Waals surface area contributed by atoms with Gasteiger partial charge in [0.25, 0.3) is 5.91 Å². The van der Waals surface area contributed by atoms with Gasteiger partial charge in [0.15, 0.2) is 5.82 Å². The highest BCUT2D eigenvalue weighted by Gasteiger charge is 2.18. The molecule has 0 saturated carbocycles. The molecule has 0 atom stereocenters. The first-order valence-corrected chi connectivity index (χ1v) is 11.8. The number of rotatable bonds is 7. The number of nitrogens with zero attached hydrogens (tertiary/aromatic N) is 4. The van der Waals surface area contributed by atoms with E-state index in [2.05, 4.69) is 30.0 Å². The quantitative estimate of drug-likeness (QED) is 0.196. The molecule has 188 valence electrons. The van der Waals surface area contributed by atoms with Crippen molar-refractivity contribution < 1.29 is 14.1 Å². The number of halogens is 1. The molecular weight excluding hydrogens is 513 g/mol. The summed E-state index contributed by atoms with van der Waals surface area (Å²) in [5.74, 6) is -1.17. The molecule has 38 heavy (non-hydrogen) atoms. The lowest BCUT2D eigenvalue weighted by molar-refractivity contribution is -0.384. The summed E-state index contributed by atoms with van der Waals surface area (Å²) >= 11 is 0.707. The van der Waals surface area contributed by atoms with E-state index in [9.17, 15) is 24.1 Å². The number of amides is 1. The van der Waals surface area contributed by atoms with E-state index in [1.54, 1.807) is 12.1 Å². The molecule has 0 radical (unpaired) electrons. The number of carbonyl (C=O) groups is 1. The van der Waals surface area contributed by atoms with Crippen LogP contribution in [0.15, 0.2) is 83.8 Å². The average Bonchev–Trinajstić information content (AvgIpc) is 3.36. The Labute approximate surface area is 217 Å². The van der Waals surface area contributed by atoms with Crippen molar-refractivity contribution in [3.8, 4) is 22.6 Å². The van der Waals surface area contributed by atoms with Crippen LogP contribution >= 0.6 is 11.5 Å². The van der Waals surface area contributed by atoms with Gasteiger partial charge in [-0.1, -0.05) is 36.4 Å². The van der Waals surface area contributed by atoms with Crippen molar-refractivity contribution in [2.75, 3.05) is 10.6 Å². The Hall–Kier alpha value is -5.30. The zero-order valence-electron chi connectivity index (χ0n) is 19.2. The van der Waals surface area contributed by atoms with Gasteiger partial charge in [0.1, 0.15) is 11.6 Å². The van der Waals surface area contributed by atoms with E-state index >= 15 is 0 Å². The smallest absolute Gasteiger partial charge is 0.323 e. The third-order valence-corrected chi connectivity index (χ3v) is 5.88. The molecule has 3 heterocycles. The largest absolute Gasteiger partial charge is 0.333 e. The van der Waals surface area contributed by atoms with E-state index in [1.807, 2.05) is 30.3 Å². The Morgan fingerprint density at radius 3 is 2.50 bits per heavy atom. The first-order chi connectivity index (χ1) is 18.4. The van der Waals surface area contributed by atoms with Gasteiger partial charge in [0.05, 0.1) is 28.1 Å². The average molecular weight is 530 g/mol. The number of anilines is 3. The normalized spacial score (nSPS) is 10.7. The van der Waals surface area contributed by atoms with Gasteiger partial charge in [-0.05, 0) is 30.3 Å². The Morgan fingerprint density at radius 2 is 1.84 bits per heavy atom. The van der Waals surface area contributed by atoms with Crippen LogP contribution < -0.4 is 15.5 Å². The SMILES string of the molecule is O=C(Nc1ccc(Nc2nc(-c3ccccc3)ccc2[N+](=O)[O-])cn1)c1ccc(-c2nsc(=O)[nH]2)cc1F. The molecular formula is C25H16FN7O4S. The van der Waals surface area contributed by atoms with Gasteiger partial charge in [0, 0.05) is 28.7 Å². The lowest BCUT2D eigenvalue weighted by atomic mass is 10.1. The first-order valence-electron chi connectivity index (χ1n) is 11.0. The molecule has 0 spiro atoms. The molecule has 0 bridgehead atoms. The highest BCUT2D eigenvalue weighted by Crippen LogP contribution is 2.29. The Balaban J connectivity index is 1.31. The molecule has 0 aliphatic rings. The maximum absolute atomic E-state index is 14.6. The fourth-order valence-corrected chi connectivity index (χ4v) is 3.99. The molecule has 5 aromatic rings. The molecule has 2 aromatic carbocycles. The number of nitrogens with one attached hydrogen (secondary N) is 3. The number of hydrogen-bond donors (Lipinski definition) is 3. The van der Waals surface area contributed by atoms with E-state index in [0.717, 1.165) is 11.6 Å². The van der Waals surface area contributed by atoms with Crippen LogP contribution in [0.25, 0.3) is 22.6 Å². The zero-order chi connectivity index (χ0) is 26.6. The van der Waals surface area contributed by atoms with Crippen LogP contribution in [0.3, 0.4) is 0 Å². The summed E-state index contributed by atoms with van der Waals surface area (Å²) in [7, 11) is 0. The number of benzene rings is 2. The second-order valence-corrected chi connectivity index (χ2v) is 8.57. The van der Waals surface area contributed by atoms with Crippen molar-refractivity contribution in [3.63, 3.8) is 0 Å². The molecule has 1 amide bonds. The maximum atomic E-state index is 14.6. The van der Waals surface area contributed by atoms with Crippen LogP contribution in [0.5, 0.6) is 0 Å². The van der Waals surface area contributed by atoms with Gasteiger partial charge in [0.2, 0.25) is 5.82 Å². The summed E-state index contributed by atoms with van der Waals surface area (Å²) in [5, 5.41) is 16.9. The molecule has 5 rings (SSSR count). The minimum absolute atomic E-state index is 0.0264. The fourth-order valence-electron chi connectivity index (χ4n) is 3.52. The van der Waals surface area contributed by atoms with E-state index in [1.165, 1.54) is 30.5 Å². The molecule has 0 fully saturated rings. The van der Waals surface area contributed by atoms with Crippen LogP contribution in [0.1, 0.15) is 10.4 Å². The summed E-state index contributed by atoms with van der Waals surface area (Å²) in [6.07, 6.45) is 1.36. The second-order valence-electron chi connectivity index (χ2n) is 7.84. The predicted molar refractivity (Wildman–Crippen MR) is 140 cm³/mol. The van der Waals surface area contributed by atoms with E-state index in [-0.39, 0.29) is 33.6 Å². The molecule has 0 saturated heterocycles. The van der Waals surface area contributed by atoms with Gasteiger partial charge in [-0.15, -0.1) is 0 Å². The van der Waals surface area contributed by atoms with Gasteiger partial charge in [-0.25, -0.2) is 14.4 Å². The van der Waals surface area contributed by atoms with Crippen molar-refractivity contribution >= 4 is 40.5 Å². The summed E-state index contributed by atoms with van der Waals surface area (Å²) in [6, 6.07) is 19.0. The number of carbonyl (C=O) groups excluding carboxylic acids is 1. The summed E-state index contributed by atoms with van der Waals surface area (Å²) in [4.78, 5) is 45.5. The van der Waals surface area contributed by atoms with Crippen LogP contribution in [0.4, 0.5) is 27.4 Å². The lowest BCUT2D eigenvalue weighted by Gasteiger charge is -2.10. The number of hydrogen-bond acceptors (Lipinski definition) is 9. The lowest BCUT2D eigenvalue weighted by Crippen LogP contribution is -2.14. The number of nitro groups is 1. The van der Waals surface area contributed by atoms with Crippen LogP contribution in [0.2, 0.25) is 0 Å². The first kappa shape index (κ1) is 24.4. The fraction of sp³-hybridized carbons (Fsp3) is 0. The zero-order valence-corrected chi connectivity index (χ0v) is 20.0. The Bertz CT molecular complexity index is 1710. The predicted octanol–water partition coefficient (Wildman–Crippen LogP) is 5.00. The summed E-state index contributed by atoms with van der Waals surface area (Å²) in [6.45, 7) is 0. The second kappa shape index (κ2) is 10.4. The topological polar surface area (TPSA) is 156 Å². The highest BCUT2D eigenvalue weighted by atomic mass is 32.1. The number of aromatic nitrogens is 4. The Morgan fingerprint density at radius 1 is 1.03 bits per heavy atom. The Kier molecular flexibility index (Phi) is 6.65. The van der Waals surface area contributed by atoms with Gasteiger partial charge >= 0.3 is 10.6 Å². The van der Waals surface area contributed by atoms with E-state index in [0.29, 0.717) is 28.5 Å². The number of aromatic amines is 1. The maximum Gasteiger partial charge on any atom is 0.323 e. The van der Waals surface area contributed by atoms with E-state index in [4.69, 9.17) is 0 Å². The minimum Gasteiger partial charge on any atom is -0.333 e. The molecule has 0 unspecified atom stereocenters. The molecule has 11 nitrogen and oxygen atoms in total. The van der Waals surface area contributed by atoms with Crippen LogP contribution in [0, 0.1) is 15.9 Å². The molecule has 13 heteroatoms. The molecule has 0 aliphatic carbocycles. The van der Waals surface area contributed by atoms with Crippen molar-refractivity contribution in [3.05, 3.63) is 110 Å². The van der Waals surface area contributed by atoms with Crippen molar-refractivity contribution in [1.29, 1.82) is 0 Å². The molecule has 3 N–H and O–H groups in total. The van der Waals surface area contributed by atoms with Crippen LogP contribution in [-0.2, 0) is 0 Å². The monoisotopic (exact) mass is 529 g/mol.